The number of hydrogen-bond acceptors (Lipinski definition) is 1. The monoisotopic (exact) mass is 149 g/mol. The normalized spacial score (nSPS) is 7.27. The summed E-state index contributed by atoms with van der Waals surface area (Å²) in [5, 5.41) is 0. The lowest BCUT2D eigenvalue weighted by Crippen LogP contribution is -1.82. The molecule has 1 aromatic carbocycles. The van der Waals surface area contributed by atoms with E-state index in [4.69, 9.17) is 4.79 Å². The number of amides is 1. The van der Waals surface area contributed by atoms with Crippen LogP contribution in [0.15, 0.2) is 36.9 Å². The van der Waals surface area contributed by atoms with Gasteiger partial charge in [0.2, 0.25) is 6.41 Å². The fraction of sp³-hybridized carbons (Fsp3) is 0. The van der Waals surface area contributed by atoms with Gasteiger partial charge in [0, 0.05) is 0 Å². The third-order valence-corrected chi connectivity index (χ3v) is 1.04. The van der Waals surface area contributed by atoms with Gasteiger partial charge in [-0.1, -0.05) is 43.0 Å². The molecular weight excluding hydrogens is 138 g/mol. The summed E-state index contributed by atoms with van der Waals surface area (Å²) in [6, 6.07) is 10.0. The van der Waals surface area contributed by atoms with E-state index in [1.54, 1.807) is 0 Å². The lowest BCUT2D eigenvalue weighted by Gasteiger charge is -1.85. The number of carbonyl (C=O) groups excluding carboxylic acids is 1. The Morgan fingerprint density at radius 1 is 1.27 bits per heavy atom. The smallest absolute Gasteiger partial charge is 0.204 e. The van der Waals surface area contributed by atoms with Crippen molar-refractivity contribution in [3.63, 3.8) is 0 Å². The van der Waals surface area contributed by atoms with Crippen molar-refractivity contribution >= 4 is 12.5 Å². The molecule has 1 amide bonds. The molecule has 11 heavy (non-hydrogen) atoms. The van der Waals surface area contributed by atoms with Crippen LogP contribution in [0.3, 0.4) is 0 Å². The lowest BCUT2D eigenvalue weighted by atomic mass is 10.2. The van der Waals surface area contributed by atoms with Gasteiger partial charge in [-0.05, 0) is 5.56 Å². The fourth-order valence-corrected chi connectivity index (χ4v) is 0.589. The van der Waals surface area contributed by atoms with Crippen LogP contribution in [0, 0.1) is 0 Å². The van der Waals surface area contributed by atoms with E-state index in [9.17, 15) is 0 Å². The second-order valence-corrected chi connectivity index (χ2v) is 1.75. The molecule has 0 saturated heterocycles. The highest BCUT2D eigenvalue weighted by Gasteiger charge is 1.75. The molecule has 2 heteroatoms. The number of rotatable bonds is 1. The van der Waals surface area contributed by atoms with Gasteiger partial charge in [0.25, 0.3) is 0 Å². The highest BCUT2D eigenvalue weighted by atomic mass is 16.1. The van der Waals surface area contributed by atoms with E-state index in [1.165, 1.54) is 5.56 Å². The second kappa shape index (κ2) is 6.55. The van der Waals surface area contributed by atoms with Crippen LogP contribution < -0.4 is 5.73 Å². The topological polar surface area (TPSA) is 43.1 Å². The van der Waals surface area contributed by atoms with Gasteiger partial charge in [-0.15, -0.1) is 0 Å². The van der Waals surface area contributed by atoms with Crippen molar-refractivity contribution in [2.24, 2.45) is 5.73 Å². The Kier molecular flexibility index (Phi) is 5.61. The summed E-state index contributed by atoms with van der Waals surface area (Å²) in [7, 11) is 0. The summed E-state index contributed by atoms with van der Waals surface area (Å²) in [5.41, 5.74) is 5.34. The average molecular weight is 149 g/mol. The number of benzene rings is 1. The Hall–Kier alpha value is -1.57. The zero-order valence-electron chi connectivity index (χ0n) is 6.23. The largest absolute Gasteiger partial charge is 0.372 e. The minimum atomic E-state index is 0.250. The minimum absolute atomic E-state index is 0.250. The predicted octanol–water partition coefficient (Wildman–Crippen LogP) is 1.43. The molecule has 0 aliphatic rings. The van der Waals surface area contributed by atoms with E-state index in [-0.39, 0.29) is 6.41 Å². The van der Waals surface area contributed by atoms with E-state index >= 15 is 0 Å². The molecule has 0 heterocycles. The molecule has 1 aromatic rings. The Balaban J connectivity index is 0.000000292. The van der Waals surface area contributed by atoms with Gasteiger partial charge >= 0.3 is 0 Å². The van der Waals surface area contributed by atoms with Crippen molar-refractivity contribution in [2.45, 2.75) is 0 Å². The number of primary amides is 1. The molecule has 58 valence electrons. The van der Waals surface area contributed by atoms with Gasteiger partial charge in [-0.2, -0.15) is 0 Å². The molecule has 0 spiro atoms. The van der Waals surface area contributed by atoms with Crippen LogP contribution in [0.4, 0.5) is 0 Å². The van der Waals surface area contributed by atoms with E-state index in [2.05, 4.69) is 12.3 Å². The summed E-state index contributed by atoms with van der Waals surface area (Å²) in [6.45, 7) is 3.63. The van der Waals surface area contributed by atoms with Crippen LogP contribution >= 0.6 is 0 Å². The van der Waals surface area contributed by atoms with Crippen molar-refractivity contribution < 1.29 is 4.79 Å². The van der Waals surface area contributed by atoms with Crippen molar-refractivity contribution in [3.05, 3.63) is 42.5 Å². The van der Waals surface area contributed by atoms with Gasteiger partial charge in [-0.3, -0.25) is 4.79 Å². The molecule has 0 aromatic heterocycles. The molecule has 1 rings (SSSR count). The van der Waals surface area contributed by atoms with Crippen LogP contribution in [-0.4, -0.2) is 6.41 Å². The van der Waals surface area contributed by atoms with Crippen LogP contribution in [0.2, 0.25) is 0 Å². The van der Waals surface area contributed by atoms with Gasteiger partial charge in [0.05, 0.1) is 0 Å². The van der Waals surface area contributed by atoms with E-state index in [0.717, 1.165) is 0 Å². The molecule has 0 aliphatic carbocycles. The number of carbonyl (C=O) groups is 1. The molecule has 0 fully saturated rings. The molecule has 0 radical (unpaired) electrons. The quantitative estimate of drug-likeness (QED) is 0.603. The molecule has 0 bridgehead atoms. The van der Waals surface area contributed by atoms with Crippen LogP contribution in [0.5, 0.6) is 0 Å². The Bertz CT molecular complexity index is 206. The first kappa shape index (κ1) is 9.43. The molecule has 2 N–H and O–H groups in total. The Labute approximate surface area is 66.3 Å². The zero-order chi connectivity index (χ0) is 8.53. The molecule has 0 atom stereocenters. The van der Waals surface area contributed by atoms with Crippen molar-refractivity contribution in [1.82, 2.24) is 0 Å². The minimum Gasteiger partial charge on any atom is -0.372 e. The first-order valence-electron chi connectivity index (χ1n) is 3.18. The van der Waals surface area contributed by atoms with Crippen molar-refractivity contribution in [1.29, 1.82) is 0 Å². The maximum atomic E-state index is 8.58. The molecular formula is C9H11NO. The van der Waals surface area contributed by atoms with E-state index in [0.29, 0.717) is 0 Å². The summed E-state index contributed by atoms with van der Waals surface area (Å²) in [6.07, 6.45) is 2.08. The van der Waals surface area contributed by atoms with E-state index < -0.39 is 0 Å². The third kappa shape index (κ3) is 4.90. The van der Waals surface area contributed by atoms with Crippen LogP contribution in [0.25, 0.3) is 6.08 Å². The molecule has 2 nitrogen and oxygen atoms in total. The lowest BCUT2D eigenvalue weighted by molar-refractivity contribution is -0.106. The second-order valence-electron chi connectivity index (χ2n) is 1.75. The molecule has 0 unspecified atom stereocenters. The highest BCUT2D eigenvalue weighted by Crippen LogP contribution is 1.97. The van der Waals surface area contributed by atoms with Gasteiger partial charge in [0.1, 0.15) is 0 Å². The highest BCUT2D eigenvalue weighted by molar-refractivity contribution is 5.45. The van der Waals surface area contributed by atoms with Gasteiger partial charge in [-0.25, -0.2) is 0 Å². The molecule has 0 saturated carbocycles. The standard InChI is InChI=1S/C8H8.CH3NO/c1-2-8-6-4-3-5-7-8;2-1-3/h2-7H,1H2;1H,(H2,2,3). The predicted molar refractivity (Wildman–Crippen MR) is 46.8 cm³/mol. The third-order valence-electron chi connectivity index (χ3n) is 1.04. The maximum Gasteiger partial charge on any atom is 0.204 e. The summed E-state index contributed by atoms with van der Waals surface area (Å²) < 4.78 is 0. The average Bonchev–Trinajstić information content (AvgIpc) is 2.08. The number of nitrogens with two attached hydrogens (primary N) is 1. The fourth-order valence-electron chi connectivity index (χ4n) is 0.589. The zero-order valence-corrected chi connectivity index (χ0v) is 6.23. The Morgan fingerprint density at radius 3 is 2.00 bits per heavy atom. The van der Waals surface area contributed by atoms with Crippen molar-refractivity contribution in [2.75, 3.05) is 0 Å². The van der Waals surface area contributed by atoms with Gasteiger partial charge in [0.15, 0.2) is 0 Å². The summed E-state index contributed by atoms with van der Waals surface area (Å²) in [5.74, 6) is 0. The first-order valence-corrected chi connectivity index (χ1v) is 3.18. The number of hydrogen-bond donors (Lipinski definition) is 1. The van der Waals surface area contributed by atoms with Crippen LogP contribution in [0.1, 0.15) is 5.56 Å². The SMILES string of the molecule is C=Cc1ccccc1.NC=O. The first-order chi connectivity index (χ1) is 5.35. The summed E-state index contributed by atoms with van der Waals surface area (Å²) >= 11 is 0. The van der Waals surface area contributed by atoms with Crippen molar-refractivity contribution in [3.8, 4) is 0 Å². The summed E-state index contributed by atoms with van der Waals surface area (Å²) in [4.78, 5) is 8.58. The van der Waals surface area contributed by atoms with Gasteiger partial charge < -0.3 is 5.73 Å². The van der Waals surface area contributed by atoms with E-state index in [1.807, 2.05) is 36.4 Å². The molecule has 0 aliphatic heterocycles. The Morgan fingerprint density at radius 2 is 1.73 bits per heavy atom. The maximum absolute atomic E-state index is 8.58. The van der Waals surface area contributed by atoms with Crippen LogP contribution in [-0.2, 0) is 4.79 Å².